The molecule has 0 aromatic heterocycles. The molecule has 22 heavy (non-hydrogen) atoms. The summed E-state index contributed by atoms with van der Waals surface area (Å²) >= 11 is 5.68. The van der Waals surface area contributed by atoms with Gasteiger partial charge in [-0.05, 0) is 30.3 Å². The van der Waals surface area contributed by atoms with Gasteiger partial charge >= 0.3 is 6.18 Å². The van der Waals surface area contributed by atoms with Crippen LogP contribution in [0.3, 0.4) is 0 Å². The van der Waals surface area contributed by atoms with E-state index in [9.17, 15) is 27.6 Å². The first-order valence-corrected chi connectivity index (χ1v) is 6.23. The molecule has 0 unspecified atom stereocenters. The molecule has 3 nitrogen and oxygen atoms in total. The highest BCUT2D eigenvalue weighted by Crippen LogP contribution is 2.37. The van der Waals surface area contributed by atoms with Gasteiger partial charge in [0, 0.05) is 16.7 Å². The van der Waals surface area contributed by atoms with Crippen LogP contribution in [0.25, 0.3) is 0 Å². The summed E-state index contributed by atoms with van der Waals surface area (Å²) in [6.45, 7) is 0. The first-order valence-electron chi connectivity index (χ1n) is 5.86. The number of alkyl halides is 3. The van der Waals surface area contributed by atoms with Crippen molar-refractivity contribution in [2.75, 3.05) is 5.06 Å². The predicted molar refractivity (Wildman–Crippen MR) is 71.5 cm³/mol. The largest absolute Gasteiger partial charge is 0.418 e. The van der Waals surface area contributed by atoms with Crippen LogP contribution in [0.15, 0.2) is 42.5 Å². The lowest BCUT2D eigenvalue weighted by atomic mass is 10.1. The molecule has 0 heterocycles. The summed E-state index contributed by atoms with van der Waals surface area (Å²) in [6, 6.07) is 6.71. The third kappa shape index (κ3) is 3.37. The first-order chi connectivity index (χ1) is 10.2. The van der Waals surface area contributed by atoms with E-state index < -0.39 is 29.2 Å². The summed E-state index contributed by atoms with van der Waals surface area (Å²) in [5.74, 6) is -2.19. The lowest BCUT2D eigenvalue weighted by Gasteiger charge is -2.20. The standard InChI is InChI=1S/C14H8ClF4NO2/c15-9-3-1-2-8(6-9)13(21)20(22)12-7-10(16)4-5-11(12)14(17,18)19/h1-7,22H. The van der Waals surface area contributed by atoms with E-state index in [1.54, 1.807) is 0 Å². The van der Waals surface area contributed by atoms with E-state index in [4.69, 9.17) is 11.6 Å². The summed E-state index contributed by atoms with van der Waals surface area (Å²) < 4.78 is 51.8. The minimum atomic E-state index is -4.86. The molecule has 0 aliphatic rings. The van der Waals surface area contributed by atoms with Crippen molar-refractivity contribution in [3.8, 4) is 0 Å². The Balaban J connectivity index is 2.47. The Labute approximate surface area is 127 Å². The number of benzene rings is 2. The van der Waals surface area contributed by atoms with E-state index in [0.717, 1.165) is 0 Å². The second-order valence-electron chi connectivity index (χ2n) is 4.29. The second-order valence-corrected chi connectivity index (χ2v) is 4.72. The van der Waals surface area contributed by atoms with Crippen molar-refractivity contribution in [1.29, 1.82) is 0 Å². The monoisotopic (exact) mass is 333 g/mol. The SMILES string of the molecule is O=C(c1cccc(Cl)c1)N(O)c1cc(F)ccc1C(F)(F)F. The summed E-state index contributed by atoms with van der Waals surface area (Å²) in [4.78, 5) is 12.0. The molecular formula is C14H8ClF4NO2. The molecule has 1 N–H and O–H groups in total. The van der Waals surface area contributed by atoms with Crippen molar-refractivity contribution in [3.05, 3.63) is 64.4 Å². The van der Waals surface area contributed by atoms with E-state index in [1.165, 1.54) is 24.3 Å². The van der Waals surface area contributed by atoms with Gasteiger partial charge in [-0.1, -0.05) is 17.7 Å². The molecule has 0 bridgehead atoms. The maximum absolute atomic E-state index is 13.2. The molecular weight excluding hydrogens is 326 g/mol. The van der Waals surface area contributed by atoms with Crippen molar-refractivity contribution in [1.82, 2.24) is 0 Å². The maximum atomic E-state index is 13.2. The molecule has 2 aromatic carbocycles. The molecule has 116 valence electrons. The summed E-state index contributed by atoms with van der Waals surface area (Å²) in [5.41, 5.74) is -2.49. The topological polar surface area (TPSA) is 40.5 Å². The number of hydrogen-bond acceptors (Lipinski definition) is 2. The number of nitrogens with zero attached hydrogens (tertiary/aromatic N) is 1. The van der Waals surface area contributed by atoms with Gasteiger partial charge in [0.1, 0.15) is 5.82 Å². The van der Waals surface area contributed by atoms with Crippen LogP contribution in [-0.2, 0) is 6.18 Å². The first kappa shape index (κ1) is 16.3. The molecule has 0 aliphatic heterocycles. The lowest BCUT2D eigenvalue weighted by molar-refractivity contribution is -0.137. The molecule has 2 rings (SSSR count). The molecule has 1 amide bonds. The Morgan fingerprint density at radius 2 is 1.82 bits per heavy atom. The quantitative estimate of drug-likeness (QED) is 0.498. The average molecular weight is 334 g/mol. The molecule has 0 saturated carbocycles. The Bertz CT molecular complexity index is 718. The smallest absolute Gasteiger partial charge is 0.281 e. The second kappa shape index (κ2) is 5.94. The fourth-order valence-electron chi connectivity index (χ4n) is 1.77. The third-order valence-corrected chi connectivity index (χ3v) is 2.99. The van der Waals surface area contributed by atoms with Crippen LogP contribution >= 0.6 is 11.6 Å². The summed E-state index contributed by atoms with van der Waals surface area (Å²) in [6.07, 6.45) is -4.86. The van der Waals surface area contributed by atoms with Crippen LogP contribution in [0.5, 0.6) is 0 Å². The molecule has 0 radical (unpaired) electrons. The number of amides is 1. The Morgan fingerprint density at radius 3 is 2.41 bits per heavy atom. The lowest BCUT2D eigenvalue weighted by Crippen LogP contribution is -2.29. The number of carbonyl (C=O) groups is 1. The van der Waals surface area contributed by atoms with Crippen LogP contribution < -0.4 is 5.06 Å². The van der Waals surface area contributed by atoms with Gasteiger partial charge in [0.05, 0.1) is 11.3 Å². The number of hydroxylamine groups is 1. The zero-order valence-electron chi connectivity index (χ0n) is 10.7. The Hall–Kier alpha value is -2.12. The number of anilines is 1. The van der Waals surface area contributed by atoms with Gasteiger partial charge in [-0.15, -0.1) is 0 Å². The van der Waals surface area contributed by atoms with Crippen molar-refractivity contribution < 1.29 is 27.6 Å². The van der Waals surface area contributed by atoms with Gasteiger partial charge in [-0.3, -0.25) is 10.0 Å². The van der Waals surface area contributed by atoms with Gasteiger partial charge in [0.15, 0.2) is 0 Å². The number of rotatable bonds is 2. The number of hydrogen-bond donors (Lipinski definition) is 1. The van der Waals surface area contributed by atoms with E-state index in [2.05, 4.69) is 0 Å². The zero-order chi connectivity index (χ0) is 16.5. The normalized spacial score (nSPS) is 11.4. The minimum absolute atomic E-state index is 0.146. The highest BCUT2D eigenvalue weighted by atomic mass is 35.5. The molecule has 0 fully saturated rings. The molecule has 0 saturated heterocycles. The summed E-state index contributed by atoms with van der Waals surface area (Å²) in [5, 5.41) is 9.69. The van der Waals surface area contributed by atoms with Gasteiger partial charge in [0.25, 0.3) is 5.91 Å². The molecule has 0 spiro atoms. The average Bonchev–Trinajstić information content (AvgIpc) is 2.44. The maximum Gasteiger partial charge on any atom is 0.418 e. The molecule has 0 aliphatic carbocycles. The van der Waals surface area contributed by atoms with Crippen LogP contribution in [0.1, 0.15) is 15.9 Å². The van der Waals surface area contributed by atoms with Crippen LogP contribution in [-0.4, -0.2) is 11.1 Å². The Morgan fingerprint density at radius 1 is 1.14 bits per heavy atom. The van der Waals surface area contributed by atoms with Crippen molar-refractivity contribution in [3.63, 3.8) is 0 Å². The Kier molecular flexibility index (Phi) is 4.39. The highest BCUT2D eigenvalue weighted by molar-refractivity contribution is 6.31. The van der Waals surface area contributed by atoms with Crippen molar-refractivity contribution in [2.24, 2.45) is 0 Å². The molecule has 2 aromatic rings. The minimum Gasteiger partial charge on any atom is -0.281 e. The van der Waals surface area contributed by atoms with Crippen LogP contribution in [0.2, 0.25) is 5.02 Å². The fraction of sp³-hybridized carbons (Fsp3) is 0.0714. The van der Waals surface area contributed by atoms with Crippen LogP contribution in [0.4, 0.5) is 23.2 Å². The fourth-order valence-corrected chi connectivity index (χ4v) is 1.96. The third-order valence-electron chi connectivity index (χ3n) is 2.76. The van der Waals surface area contributed by atoms with E-state index in [-0.39, 0.29) is 15.6 Å². The van der Waals surface area contributed by atoms with Crippen molar-refractivity contribution in [2.45, 2.75) is 6.18 Å². The van der Waals surface area contributed by atoms with E-state index in [1.807, 2.05) is 0 Å². The van der Waals surface area contributed by atoms with Gasteiger partial charge in [-0.25, -0.2) is 4.39 Å². The number of halogens is 5. The van der Waals surface area contributed by atoms with E-state index in [0.29, 0.717) is 18.2 Å². The van der Waals surface area contributed by atoms with Gasteiger partial charge in [-0.2, -0.15) is 18.2 Å². The molecule has 8 heteroatoms. The van der Waals surface area contributed by atoms with Crippen LogP contribution in [0, 0.1) is 5.82 Å². The van der Waals surface area contributed by atoms with Gasteiger partial charge < -0.3 is 0 Å². The zero-order valence-corrected chi connectivity index (χ0v) is 11.5. The summed E-state index contributed by atoms with van der Waals surface area (Å²) in [7, 11) is 0. The highest BCUT2D eigenvalue weighted by Gasteiger charge is 2.36. The van der Waals surface area contributed by atoms with Gasteiger partial charge in [0.2, 0.25) is 0 Å². The van der Waals surface area contributed by atoms with Crippen molar-refractivity contribution >= 4 is 23.2 Å². The van der Waals surface area contributed by atoms with E-state index >= 15 is 0 Å². The predicted octanol–water partition coefficient (Wildman–Crippen LogP) is 4.53. The molecule has 0 atom stereocenters. The number of carbonyl (C=O) groups excluding carboxylic acids is 1.